The molecule has 104 valence electrons. The van der Waals surface area contributed by atoms with Crippen LogP contribution in [0.3, 0.4) is 0 Å². The number of imide groups is 1. The maximum atomic E-state index is 11.5. The van der Waals surface area contributed by atoms with Crippen molar-refractivity contribution in [3.05, 3.63) is 0 Å². The van der Waals surface area contributed by atoms with E-state index in [1.165, 1.54) is 0 Å². The van der Waals surface area contributed by atoms with Gasteiger partial charge in [-0.25, -0.2) is 0 Å². The number of aliphatic hydroxyl groups is 3. The molecule has 0 fully saturated rings. The number of carbonyl (C=O) groups is 3. The minimum atomic E-state index is -1.42. The van der Waals surface area contributed by atoms with E-state index in [-0.39, 0.29) is 6.42 Å². The molecule has 0 aromatic carbocycles. The van der Waals surface area contributed by atoms with Gasteiger partial charge in [-0.3, -0.25) is 19.7 Å². The highest BCUT2D eigenvalue weighted by Gasteiger charge is 2.29. The lowest BCUT2D eigenvalue weighted by Crippen LogP contribution is -2.54. The van der Waals surface area contributed by atoms with Gasteiger partial charge in [-0.1, -0.05) is 0 Å². The molecule has 0 saturated heterocycles. The van der Waals surface area contributed by atoms with E-state index >= 15 is 0 Å². The van der Waals surface area contributed by atoms with Gasteiger partial charge in [0.1, 0.15) is 6.04 Å². The van der Waals surface area contributed by atoms with Crippen LogP contribution in [0, 0.1) is 0 Å². The normalized spacial score (nSPS) is 15.4. The Bertz CT molecular complexity index is 319. The topological polar surface area (TPSA) is 136 Å². The zero-order valence-electron chi connectivity index (χ0n) is 10.2. The fraction of sp³-hybridized carbons (Fsp3) is 0.700. The molecule has 0 radical (unpaired) electrons. The molecule has 0 unspecified atom stereocenters. The molecule has 0 aliphatic heterocycles. The lowest BCUT2D eigenvalue weighted by molar-refractivity contribution is -0.135. The van der Waals surface area contributed by atoms with E-state index < -0.39 is 42.6 Å². The molecular weight excluding hydrogens is 244 g/mol. The third kappa shape index (κ3) is 6.28. The molecule has 0 bridgehead atoms. The van der Waals surface area contributed by atoms with Gasteiger partial charge in [0.2, 0.25) is 11.8 Å². The van der Waals surface area contributed by atoms with E-state index in [1.807, 2.05) is 5.32 Å². The van der Waals surface area contributed by atoms with E-state index in [4.69, 9.17) is 10.2 Å². The fourth-order valence-corrected chi connectivity index (χ4v) is 1.30. The smallest absolute Gasteiger partial charge is 0.251 e. The highest BCUT2D eigenvalue weighted by atomic mass is 16.3. The summed E-state index contributed by atoms with van der Waals surface area (Å²) in [4.78, 5) is 33.2. The Morgan fingerprint density at radius 1 is 1.11 bits per heavy atom. The maximum absolute atomic E-state index is 11.5. The molecule has 8 heteroatoms. The van der Waals surface area contributed by atoms with Gasteiger partial charge in [0, 0.05) is 20.3 Å². The average molecular weight is 262 g/mol. The highest BCUT2D eigenvalue weighted by Crippen LogP contribution is 2.04. The van der Waals surface area contributed by atoms with Crippen LogP contribution in [0.25, 0.3) is 0 Å². The first-order valence-electron chi connectivity index (χ1n) is 5.33. The van der Waals surface area contributed by atoms with Crippen LogP contribution in [0.4, 0.5) is 0 Å². The molecular formula is C10H18N2O6. The van der Waals surface area contributed by atoms with Crippen LogP contribution in [-0.2, 0) is 14.4 Å². The monoisotopic (exact) mass is 262 g/mol. The van der Waals surface area contributed by atoms with Crippen LogP contribution >= 0.6 is 0 Å². The fourth-order valence-electron chi connectivity index (χ4n) is 1.30. The number of nitrogens with one attached hydrogen (secondary N) is 2. The molecule has 0 aromatic rings. The van der Waals surface area contributed by atoms with E-state index in [0.29, 0.717) is 0 Å². The van der Waals surface area contributed by atoms with Crippen molar-refractivity contribution in [2.45, 2.75) is 38.5 Å². The minimum Gasteiger partial charge on any atom is -0.394 e. The van der Waals surface area contributed by atoms with Gasteiger partial charge in [0.25, 0.3) is 5.91 Å². The van der Waals surface area contributed by atoms with E-state index in [9.17, 15) is 19.5 Å². The summed E-state index contributed by atoms with van der Waals surface area (Å²) < 4.78 is 0. The molecule has 0 heterocycles. The molecule has 0 aliphatic rings. The van der Waals surface area contributed by atoms with Crippen molar-refractivity contribution >= 4 is 17.7 Å². The lowest BCUT2D eigenvalue weighted by Gasteiger charge is -2.23. The molecule has 0 spiro atoms. The van der Waals surface area contributed by atoms with Crippen LogP contribution in [0.15, 0.2) is 0 Å². The Hall–Kier alpha value is -1.51. The van der Waals surface area contributed by atoms with Gasteiger partial charge >= 0.3 is 0 Å². The minimum absolute atomic E-state index is 0.313. The molecule has 0 aliphatic carbocycles. The molecule has 8 nitrogen and oxygen atoms in total. The standard InChI is InChI=1S/C10H18N2O6/c1-5(14)11-9(10(18)12-6(2)15)8(17)3-7(16)4-13/h7-9,13,16-17H,3-4H2,1-2H3,(H,11,14)(H,12,15,18)/t7-,8-,9+/m0/s1. The molecule has 0 rings (SSSR count). The zero-order chi connectivity index (χ0) is 14.3. The summed E-state index contributed by atoms with van der Waals surface area (Å²) in [7, 11) is 0. The Morgan fingerprint density at radius 3 is 2.06 bits per heavy atom. The van der Waals surface area contributed by atoms with Gasteiger partial charge in [-0.2, -0.15) is 0 Å². The van der Waals surface area contributed by atoms with Crippen LogP contribution in [0.2, 0.25) is 0 Å². The number of aliphatic hydroxyl groups excluding tert-OH is 3. The van der Waals surface area contributed by atoms with Crippen molar-refractivity contribution in [2.75, 3.05) is 6.61 Å². The Balaban J connectivity index is 4.70. The largest absolute Gasteiger partial charge is 0.394 e. The second kappa shape index (κ2) is 7.75. The lowest BCUT2D eigenvalue weighted by atomic mass is 10.0. The predicted octanol–water partition coefficient (Wildman–Crippen LogP) is -2.74. The van der Waals surface area contributed by atoms with E-state index in [1.54, 1.807) is 0 Å². The first kappa shape index (κ1) is 16.5. The van der Waals surface area contributed by atoms with Crippen molar-refractivity contribution < 1.29 is 29.7 Å². The molecule has 3 atom stereocenters. The van der Waals surface area contributed by atoms with Crippen LogP contribution in [-0.4, -0.2) is 57.9 Å². The zero-order valence-corrected chi connectivity index (χ0v) is 10.2. The number of rotatable bonds is 6. The van der Waals surface area contributed by atoms with Crippen LogP contribution in [0.1, 0.15) is 20.3 Å². The molecule has 18 heavy (non-hydrogen) atoms. The second-order valence-electron chi connectivity index (χ2n) is 3.86. The van der Waals surface area contributed by atoms with Gasteiger partial charge in [-0.05, 0) is 0 Å². The first-order chi connectivity index (χ1) is 8.27. The van der Waals surface area contributed by atoms with Crippen molar-refractivity contribution in [3.8, 4) is 0 Å². The second-order valence-corrected chi connectivity index (χ2v) is 3.86. The van der Waals surface area contributed by atoms with Crippen LogP contribution in [0.5, 0.6) is 0 Å². The number of hydrogen-bond donors (Lipinski definition) is 5. The summed E-state index contributed by atoms with van der Waals surface area (Å²) in [5, 5.41) is 31.6. The summed E-state index contributed by atoms with van der Waals surface area (Å²) in [5.74, 6) is -2.09. The summed E-state index contributed by atoms with van der Waals surface area (Å²) in [6, 6.07) is -1.37. The highest BCUT2D eigenvalue weighted by molar-refractivity contribution is 5.98. The summed E-state index contributed by atoms with van der Waals surface area (Å²) >= 11 is 0. The van der Waals surface area contributed by atoms with Gasteiger partial charge in [0.05, 0.1) is 18.8 Å². The summed E-state index contributed by atoms with van der Waals surface area (Å²) in [6.07, 6.45) is -2.95. The molecule has 3 amide bonds. The average Bonchev–Trinajstić information content (AvgIpc) is 2.24. The van der Waals surface area contributed by atoms with Crippen LogP contribution < -0.4 is 10.6 Å². The van der Waals surface area contributed by atoms with Crippen molar-refractivity contribution in [2.24, 2.45) is 0 Å². The first-order valence-corrected chi connectivity index (χ1v) is 5.33. The number of amides is 3. The summed E-state index contributed by atoms with van der Waals surface area (Å²) in [6.45, 7) is 1.67. The molecule has 0 saturated carbocycles. The summed E-state index contributed by atoms with van der Waals surface area (Å²) in [5.41, 5.74) is 0. The Labute approximate surface area is 104 Å². The quantitative estimate of drug-likeness (QED) is 0.352. The van der Waals surface area contributed by atoms with Crippen molar-refractivity contribution in [1.29, 1.82) is 0 Å². The van der Waals surface area contributed by atoms with Gasteiger partial charge < -0.3 is 20.6 Å². The molecule has 5 N–H and O–H groups in total. The SMILES string of the molecule is CC(=O)NC(=O)[C@H](NC(C)=O)[C@@H](O)C[C@H](O)CO. The van der Waals surface area contributed by atoms with E-state index in [2.05, 4.69) is 5.32 Å². The third-order valence-corrected chi connectivity index (χ3v) is 2.05. The predicted molar refractivity (Wildman–Crippen MR) is 60.1 cm³/mol. The number of carbonyl (C=O) groups excluding carboxylic acids is 3. The Kier molecular flexibility index (Phi) is 7.10. The van der Waals surface area contributed by atoms with E-state index in [0.717, 1.165) is 13.8 Å². The van der Waals surface area contributed by atoms with Crippen molar-refractivity contribution in [3.63, 3.8) is 0 Å². The third-order valence-electron chi connectivity index (χ3n) is 2.05. The van der Waals surface area contributed by atoms with Crippen molar-refractivity contribution in [1.82, 2.24) is 10.6 Å². The Morgan fingerprint density at radius 2 is 1.67 bits per heavy atom. The van der Waals surface area contributed by atoms with Gasteiger partial charge in [0.15, 0.2) is 0 Å². The van der Waals surface area contributed by atoms with Gasteiger partial charge in [-0.15, -0.1) is 0 Å². The maximum Gasteiger partial charge on any atom is 0.251 e. The number of hydrogen-bond acceptors (Lipinski definition) is 6. The molecule has 0 aromatic heterocycles.